The second-order valence-corrected chi connectivity index (χ2v) is 4.65. The molecular weight excluding hydrogens is 258 g/mol. The number of hydrogen-bond donors (Lipinski definition) is 3. The molecular formula is C14H21N3O3. The smallest absolute Gasteiger partial charge is 0.411 e. The van der Waals surface area contributed by atoms with Crippen molar-refractivity contribution in [2.24, 2.45) is 5.73 Å². The quantitative estimate of drug-likeness (QED) is 0.771. The maximum atomic E-state index is 11.9. The molecule has 20 heavy (non-hydrogen) atoms. The maximum Gasteiger partial charge on any atom is 0.411 e. The van der Waals surface area contributed by atoms with Crippen LogP contribution < -0.4 is 16.4 Å². The summed E-state index contributed by atoms with van der Waals surface area (Å²) in [6, 6.07) is 6.72. The Morgan fingerprint density at radius 3 is 2.10 bits per heavy atom. The summed E-state index contributed by atoms with van der Waals surface area (Å²) in [6.45, 7) is 5.58. The first-order valence-electron chi connectivity index (χ1n) is 6.53. The van der Waals surface area contributed by atoms with Crippen molar-refractivity contribution in [1.82, 2.24) is 0 Å². The van der Waals surface area contributed by atoms with Crippen molar-refractivity contribution in [2.45, 2.75) is 32.7 Å². The predicted molar refractivity (Wildman–Crippen MR) is 78.6 cm³/mol. The highest BCUT2D eigenvalue weighted by atomic mass is 16.5. The van der Waals surface area contributed by atoms with Gasteiger partial charge in [-0.2, -0.15) is 0 Å². The Morgan fingerprint density at radius 1 is 1.15 bits per heavy atom. The van der Waals surface area contributed by atoms with Crippen LogP contribution in [0.4, 0.5) is 16.2 Å². The van der Waals surface area contributed by atoms with Crippen LogP contribution in [0, 0.1) is 0 Å². The Morgan fingerprint density at radius 2 is 1.65 bits per heavy atom. The van der Waals surface area contributed by atoms with E-state index >= 15 is 0 Å². The number of nitrogens with one attached hydrogen (secondary N) is 2. The summed E-state index contributed by atoms with van der Waals surface area (Å²) in [6.07, 6.45) is 0.0335. The first-order valence-corrected chi connectivity index (χ1v) is 6.53. The molecule has 4 N–H and O–H groups in total. The van der Waals surface area contributed by atoms with Crippen LogP contribution in [0.25, 0.3) is 0 Å². The van der Waals surface area contributed by atoms with E-state index in [4.69, 9.17) is 10.5 Å². The van der Waals surface area contributed by atoms with E-state index in [0.717, 1.165) is 0 Å². The van der Waals surface area contributed by atoms with Crippen LogP contribution in [0.3, 0.4) is 0 Å². The Kier molecular flexibility index (Phi) is 5.52. The van der Waals surface area contributed by atoms with Crippen LogP contribution in [0.5, 0.6) is 0 Å². The van der Waals surface area contributed by atoms with Crippen molar-refractivity contribution in [2.75, 3.05) is 17.2 Å². The van der Waals surface area contributed by atoms with Crippen molar-refractivity contribution < 1.29 is 14.3 Å². The maximum absolute atomic E-state index is 11.9. The van der Waals surface area contributed by atoms with Crippen LogP contribution in [-0.2, 0) is 9.53 Å². The topological polar surface area (TPSA) is 93.5 Å². The van der Waals surface area contributed by atoms with Gasteiger partial charge in [0, 0.05) is 11.4 Å². The minimum absolute atomic E-state index is 0.244. The largest absolute Gasteiger partial charge is 0.450 e. The lowest BCUT2D eigenvalue weighted by Gasteiger charge is -2.21. The van der Waals surface area contributed by atoms with E-state index in [1.165, 1.54) is 0 Å². The SMILES string of the molecule is CCOC(=O)Nc1ccc(NC(=O)C(C)(N)CC)cc1. The lowest BCUT2D eigenvalue weighted by molar-refractivity contribution is -0.120. The second kappa shape index (κ2) is 6.91. The van der Waals surface area contributed by atoms with Gasteiger partial charge in [0.15, 0.2) is 0 Å². The van der Waals surface area contributed by atoms with Crippen molar-refractivity contribution >= 4 is 23.4 Å². The summed E-state index contributed by atoms with van der Waals surface area (Å²) >= 11 is 0. The van der Waals surface area contributed by atoms with Gasteiger partial charge in [-0.15, -0.1) is 0 Å². The van der Waals surface area contributed by atoms with Gasteiger partial charge in [-0.1, -0.05) is 6.92 Å². The molecule has 0 fully saturated rings. The van der Waals surface area contributed by atoms with Crippen LogP contribution >= 0.6 is 0 Å². The van der Waals surface area contributed by atoms with Crippen molar-refractivity contribution in [3.05, 3.63) is 24.3 Å². The molecule has 0 saturated carbocycles. The monoisotopic (exact) mass is 279 g/mol. The zero-order chi connectivity index (χ0) is 15.2. The fourth-order valence-corrected chi connectivity index (χ4v) is 1.36. The number of amides is 2. The number of nitrogens with two attached hydrogens (primary N) is 1. The zero-order valence-corrected chi connectivity index (χ0v) is 12.0. The highest BCUT2D eigenvalue weighted by Crippen LogP contribution is 2.16. The minimum atomic E-state index is -0.901. The summed E-state index contributed by atoms with van der Waals surface area (Å²) in [7, 11) is 0. The van der Waals surface area contributed by atoms with E-state index < -0.39 is 11.6 Å². The molecule has 1 unspecified atom stereocenters. The first kappa shape index (κ1) is 16.0. The van der Waals surface area contributed by atoms with E-state index in [2.05, 4.69) is 10.6 Å². The molecule has 0 aromatic heterocycles. The standard InChI is InChI=1S/C14H21N3O3/c1-4-14(3,15)12(18)16-10-6-8-11(9-7-10)17-13(19)20-5-2/h6-9H,4-5,15H2,1-3H3,(H,16,18)(H,17,19). The molecule has 110 valence electrons. The summed E-state index contributed by atoms with van der Waals surface area (Å²) in [5, 5.41) is 5.30. The molecule has 0 aliphatic carbocycles. The number of rotatable bonds is 5. The average Bonchev–Trinajstić information content (AvgIpc) is 2.41. The van der Waals surface area contributed by atoms with Crippen LogP contribution in [0.1, 0.15) is 27.2 Å². The molecule has 1 aromatic rings. The summed E-state index contributed by atoms with van der Waals surface area (Å²) < 4.78 is 4.76. The van der Waals surface area contributed by atoms with Crippen molar-refractivity contribution in [1.29, 1.82) is 0 Å². The lowest BCUT2D eigenvalue weighted by atomic mass is 9.99. The number of ether oxygens (including phenoxy) is 1. The molecule has 0 spiro atoms. The second-order valence-electron chi connectivity index (χ2n) is 4.65. The third-order valence-electron chi connectivity index (χ3n) is 2.92. The summed E-state index contributed by atoms with van der Waals surface area (Å²) in [4.78, 5) is 23.1. The van der Waals surface area contributed by atoms with Crippen molar-refractivity contribution in [3.8, 4) is 0 Å². The number of hydrogen-bond acceptors (Lipinski definition) is 4. The molecule has 1 aromatic carbocycles. The Hall–Kier alpha value is -2.08. The van der Waals surface area contributed by atoms with Crippen LogP contribution in [-0.4, -0.2) is 24.1 Å². The highest BCUT2D eigenvalue weighted by Gasteiger charge is 2.25. The summed E-state index contributed by atoms with van der Waals surface area (Å²) in [5.74, 6) is -0.244. The summed E-state index contributed by atoms with van der Waals surface area (Å²) in [5.41, 5.74) is 6.16. The Balaban J connectivity index is 2.63. The third kappa shape index (κ3) is 4.55. The normalized spacial score (nSPS) is 13.2. The van der Waals surface area contributed by atoms with Gasteiger partial charge in [0.2, 0.25) is 5.91 Å². The molecule has 0 aliphatic rings. The third-order valence-corrected chi connectivity index (χ3v) is 2.92. The molecule has 0 radical (unpaired) electrons. The van der Waals surface area contributed by atoms with Gasteiger partial charge in [-0.05, 0) is 44.5 Å². The molecule has 1 atom stereocenters. The molecule has 1 rings (SSSR count). The van der Waals surface area contributed by atoms with Gasteiger partial charge in [0.1, 0.15) is 0 Å². The van der Waals surface area contributed by atoms with E-state index in [0.29, 0.717) is 24.4 Å². The fourth-order valence-electron chi connectivity index (χ4n) is 1.36. The molecule has 6 nitrogen and oxygen atoms in total. The lowest BCUT2D eigenvalue weighted by Crippen LogP contribution is -2.47. The number of carbonyl (C=O) groups excluding carboxylic acids is 2. The minimum Gasteiger partial charge on any atom is -0.450 e. The number of anilines is 2. The van der Waals surface area contributed by atoms with Gasteiger partial charge in [-0.25, -0.2) is 4.79 Å². The molecule has 0 aliphatic heterocycles. The van der Waals surface area contributed by atoms with E-state index in [1.807, 2.05) is 6.92 Å². The first-order chi connectivity index (χ1) is 9.39. The van der Waals surface area contributed by atoms with Crippen molar-refractivity contribution in [3.63, 3.8) is 0 Å². The Labute approximate surface area is 118 Å². The van der Waals surface area contributed by atoms with Gasteiger partial charge in [-0.3, -0.25) is 10.1 Å². The number of carbonyl (C=O) groups is 2. The van der Waals surface area contributed by atoms with Crippen LogP contribution in [0.2, 0.25) is 0 Å². The average molecular weight is 279 g/mol. The van der Waals surface area contributed by atoms with Crippen LogP contribution in [0.15, 0.2) is 24.3 Å². The number of benzene rings is 1. The van der Waals surface area contributed by atoms with Gasteiger partial charge in [0.25, 0.3) is 0 Å². The van der Waals surface area contributed by atoms with Gasteiger partial charge < -0.3 is 15.8 Å². The molecule has 2 amide bonds. The molecule has 0 bridgehead atoms. The van der Waals surface area contributed by atoms with Gasteiger partial charge >= 0.3 is 6.09 Å². The zero-order valence-electron chi connectivity index (χ0n) is 12.0. The Bertz CT molecular complexity index is 469. The van der Waals surface area contributed by atoms with E-state index in [9.17, 15) is 9.59 Å². The fraction of sp³-hybridized carbons (Fsp3) is 0.429. The molecule has 0 saturated heterocycles. The molecule has 0 heterocycles. The molecule has 6 heteroatoms. The van der Waals surface area contributed by atoms with E-state index in [1.54, 1.807) is 38.1 Å². The van der Waals surface area contributed by atoms with Gasteiger partial charge in [0.05, 0.1) is 12.1 Å². The highest BCUT2D eigenvalue weighted by molar-refractivity contribution is 5.97. The predicted octanol–water partition coefficient (Wildman–Crippen LogP) is 2.32. The van der Waals surface area contributed by atoms with E-state index in [-0.39, 0.29) is 5.91 Å².